The van der Waals surface area contributed by atoms with Gasteiger partial charge < -0.3 is 8.83 Å². The lowest BCUT2D eigenvalue weighted by Gasteiger charge is -2.27. The number of fused-ring (bicyclic) bond motifs is 11. The molecule has 0 aliphatic carbocycles. The molecule has 2 aromatic heterocycles. The van der Waals surface area contributed by atoms with Crippen molar-refractivity contribution in [3.8, 4) is 0 Å². The molecule has 0 radical (unpaired) electrons. The molecule has 2 amide bonds. The minimum atomic E-state index is -0.286. The fraction of sp³-hybridized carbons (Fsp3) is 0.296. The predicted molar refractivity (Wildman–Crippen MR) is 242 cm³/mol. The molecule has 4 aliphatic heterocycles. The van der Waals surface area contributed by atoms with Gasteiger partial charge in [-0.1, -0.05) is 156 Å². The van der Waals surface area contributed by atoms with Gasteiger partial charge in [-0.2, -0.15) is 0 Å². The Labute approximate surface area is 352 Å². The smallest absolute Gasteiger partial charge is 0.265 e. The number of benzene rings is 4. The van der Waals surface area contributed by atoms with Gasteiger partial charge in [0.25, 0.3) is 11.8 Å². The Hall–Kier alpha value is -6.14. The number of rotatable bonds is 2. The number of carbonyl (C=O) groups excluding carboxylic acids is 2. The van der Waals surface area contributed by atoms with E-state index in [1.165, 1.54) is 11.1 Å². The molecule has 6 heteroatoms. The summed E-state index contributed by atoms with van der Waals surface area (Å²) in [4.78, 5) is 33.9. The molecule has 10 rings (SSSR count). The highest BCUT2D eigenvalue weighted by Crippen LogP contribution is 2.57. The maximum Gasteiger partial charge on any atom is 0.265 e. The Morgan fingerprint density at radius 3 is 1.12 bits per heavy atom. The van der Waals surface area contributed by atoms with E-state index in [1.54, 1.807) is 9.80 Å². The Morgan fingerprint density at radius 1 is 0.450 bits per heavy atom. The van der Waals surface area contributed by atoms with E-state index in [2.05, 4.69) is 132 Å². The molecule has 0 bridgehead atoms. The fourth-order valence-corrected chi connectivity index (χ4v) is 9.34. The maximum atomic E-state index is 15.3. The van der Waals surface area contributed by atoms with Crippen molar-refractivity contribution in [2.24, 2.45) is 0 Å². The van der Waals surface area contributed by atoms with E-state index in [1.807, 2.05) is 48.8 Å². The minimum absolute atomic E-state index is 0.142. The third-order valence-corrected chi connectivity index (χ3v) is 12.7. The van der Waals surface area contributed by atoms with Crippen LogP contribution in [0.15, 0.2) is 117 Å². The maximum absolute atomic E-state index is 15.3. The van der Waals surface area contributed by atoms with Gasteiger partial charge in [-0.25, -0.2) is 0 Å². The van der Waals surface area contributed by atoms with Gasteiger partial charge >= 0.3 is 0 Å². The molecule has 60 heavy (non-hydrogen) atoms. The summed E-state index contributed by atoms with van der Waals surface area (Å²) < 4.78 is 14.2. The molecule has 6 aromatic rings. The summed E-state index contributed by atoms with van der Waals surface area (Å²) in [7, 11) is 0. The second-order valence-corrected chi connectivity index (χ2v) is 21.0. The monoisotopic (exact) mass is 792 g/mol. The lowest BCUT2D eigenvalue weighted by Crippen LogP contribution is -2.28. The van der Waals surface area contributed by atoms with Crippen LogP contribution >= 0.6 is 0 Å². The molecule has 0 unspecified atom stereocenters. The summed E-state index contributed by atoms with van der Waals surface area (Å²) in [5.74, 6) is 0.478. The molecule has 4 aromatic carbocycles. The largest absolute Gasteiger partial charge is 0.453 e. The van der Waals surface area contributed by atoms with Gasteiger partial charge in [-0.3, -0.25) is 19.4 Å². The van der Waals surface area contributed by atoms with Gasteiger partial charge in [0, 0.05) is 56.6 Å². The summed E-state index contributed by atoms with van der Waals surface area (Å²) in [5.41, 5.74) is 12.3. The van der Waals surface area contributed by atoms with Crippen LogP contribution in [0, 0.1) is 0 Å². The second-order valence-electron chi connectivity index (χ2n) is 21.0. The SMILES string of the molecule is CC(C)(C)c1cc(C(C)(C)C)c2oc3c(c2c1)C(c1ccccc1)=CN1C(=O)C2=C4c5oc6c(C(C)(C)C)cc(C(C)(C)C)cc6c5C(c5ccccc5)=CN4C(=O)C2=C31. The molecule has 4 aliphatic rings. The van der Waals surface area contributed by atoms with Crippen LogP contribution in [0.1, 0.15) is 139 Å². The fourth-order valence-electron chi connectivity index (χ4n) is 9.34. The van der Waals surface area contributed by atoms with Crippen LogP contribution < -0.4 is 0 Å². The van der Waals surface area contributed by atoms with Gasteiger partial charge in [-0.05, 0) is 56.0 Å². The summed E-state index contributed by atoms with van der Waals surface area (Å²) >= 11 is 0. The van der Waals surface area contributed by atoms with Crippen LogP contribution in [0.5, 0.6) is 0 Å². The zero-order chi connectivity index (χ0) is 42.6. The molecular formula is C54H52N2O4. The second kappa shape index (κ2) is 12.2. The summed E-state index contributed by atoms with van der Waals surface area (Å²) in [6.45, 7) is 26.6. The van der Waals surface area contributed by atoms with Crippen molar-refractivity contribution in [3.05, 3.63) is 165 Å². The van der Waals surface area contributed by atoms with E-state index in [0.717, 1.165) is 66.5 Å². The number of hydrogen-bond donors (Lipinski definition) is 0. The van der Waals surface area contributed by atoms with Crippen LogP contribution in [0.25, 0.3) is 44.5 Å². The highest BCUT2D eigenvalue weighted by molar-refractivity contribution is 6.33. The molecule has 0 fully saturated rings. The number of amides is 2. The zero-order valence-corrected chi connectivity index (χ0v) is 36.8. The molecule has 0 saturated heterocycles. The van der Waals surface area contributed by atoms with Crippen molar-refractivity contribution in [2.45, 2.75) is 105 Å². The Balaban J connectivity index is 1.32. The average Bonchev–Trinajstić information content (AvgIpc) is 3.91. The average molecular weight is 793 g/mol. The number of nitrogens with zero attached hydrogens (tertiary/aromatic N) is 2. The number of hydrogen-bond acceptors (Lipinski definition) is 4. The Bertz CT molecular complexity index is 2820. The summed E-state index contributed by atoms with van der Waals surface area (Å²) in [6, 6.07) is 29.3. The topological polar surface area (TPSA) is 66.9 Å². The molecule has 0 spiro atoms. The van der Waals surface area contributed by atoms with Crippen molar-refractivity contribution < 1.29 is 18.4 Å². The zero-order valence-electron chi connectivity index (χ0n) is 36.8. The molecular weight excluding hydrogens is 741 g/mol. The van der Waals surface area contributed by atoms with Gasteiger partial charge in [0.05, 0.1) is 11.1 Å². The Morgan fingerprint density at radius 2 is 0.800 bits per heavy atom. The molecule has 0 N–H and O–H groups in total. The van der Waals surface area contributed by atoms with Crippen molar-refractivity contribution in [1.82, 2.24) is 9.80 Å². The van der Waals surface area contributed by atoms with E-state index in [9.17, 15) is 0 Å². The van der Waals surface area contributed by atoms with E-state index in [-0.39, 0.29) is 33.5 Å². The third-order valence-electron chi connectivity index (χ3n) is 12.7. The standard InChI is InChI=1S/C54H52N2O4/c1-51(2,3)31-23-33-39-35(29-19-15-13-16-20-29)27-55-43(47(39)59-45(33)37(25-31)53(7,8)9)41-42(50(55)58)44-48-40(36(28-56(44)49(41)57)30-21-17-14-18-22-30)34-24-32(52(4,5)6)26-38(46(34)60-48)54(10,11)12/h13-28H,1-12H3. The molecule has 0 saturated carbocycles. The summed E-state index contributed by atoms with van der Waals surface area (Å²) in [5, 5.41) is 1.94. The third kappa shape index (κ3) is 5.38. The molecule has 6 heterocycles. The normalized spacial score (nSPS) is 16.7. The van der Waals surface area contributed by atoms with Crippen LogP contribution in [0.4, 0.5) is 0 Å². The van der Waals surface area contributed by atoms with E-state index in [0.29, 0.717) is 34.1 Å². The lowest BCUT2D eigenvalue weighted by atomic mass is 9.79. The van der Waals surface area contributed by atoms with Crippen LogP contribution in [-0.2, 0) is 31.2 Å². The minimum Gasteiger partial charge on any atom is -0.453 e. The first-order valence-electron chi connectivity index (χ1n) is 21.1. The highest BCUT2D eigenvalue weighted by Gasteiger charge is 2.54. The molecule has 0 atom stereocenters. The molecule has 6 nitrogen and oxygen atoms in total. The van der Waals surface area contributed by atoms with Gasteiger partial charge in [0.2, 0.25) is 0 Å². The van der Waals surface area contributed by atoms with Crippen LogP contribution in [0.2, 0.25) is 0 Å². The summed E-state index contributed by atoms with van der Waals surface area (Å²) in [6.07, 6.45) is 3.84. The van der Waals surface area contributed by atoms with E-state index < -0.39 is 0 Å². The van der Waals surface area contributed by atoms with E-state index in [4.69, 9.17) is 8.83 Å². The number of furan rings is 2. The number of carbonyl (C=O) groups is 2. The van der Waals surface area contributed by atoms with Crippen molar-refractivity contribution in [2.75, 3.05) is 0 Å². The van der Waals surface area contributed by atoms with Crippen molar-refractivity contribution in [3.63, 3.8) is 0 Å². The predicted octanol–water partition coefficient (Wildman–Crippen LogP) is 13.0. The quantitative estimate of drug-likeness (QED) is 0.175. The van der Waals surface area contributed by atoms with Gasteiger partial charge in [0.1, 0.15) is 22.6 Å². The lowest BCUT2D eigenvalue weighted by molar-refractivity contribution is -0.122. The van der Waals surface area contributed by atoms with Crippen molar-refractivity contribution >= 4 is 56.3 Å². The van der Waals surface area contributed by atoms with Crippen molar-refractivity contribution in [1.29, 1.82) is 0 Å². The first-order valence-corrected chi connectivity index (χ1v) is 21.1. The first-order chi connectivity index (χ1) is 28.1. The Kier molecular flexibility index (Phi) is 7.76. The van der Waals surface area contributed by atoms with Crippen LogP contribution in [0.3, 0.4) is 0 Å². The van der Waals surface area contributed by atoms with Gasteiger partial charge in [-0.15, -0.1) is 0 Å². The van der Waals surface area contributed by atoms with Crippen LogP contribution in [-0.4, -0.2) is 21.6 Å². The van der Waals surface area contributed by atoms with Gasteiger partial charge in [0.15, 0.2) is 11.5 Å². The highest BCUT2D eigenvalue weighted by atomic mass is 16.3. The first kappa shape index (κ1) is 38.1. The molecule has 302 valence electrons. The van der Waals surface area contributed by atoms with E-state index >= 15 is 9.59 Å².